The zero-order valence-corrected chi connectivity index (χ0v) is 17.0. The average Bonchev–Trinajstić information content (AvgIpc) is 3.25. The summed E-state index contributed by atoms with van der Waals surface area (Å²) in [4.78, 5) is 0. The van der Waals surface area contributed by atoms with Gasteiger partial charge in [-0.05, 0) is 0 Å². The van der Waals surface area contributed by atoms with Gasteiger partial charge in [-0.15, -0.1) is 0 Å². The third kappa shape index (κ3) is 2.81. The van der Waals surface area contributed by atoms with Crippen molar-refractivity contribution in [2.24, 2.45) is 0 Å². The number of benzene rings is 4. The van der Waals surface area contributed by atoms with Crippen molar-refractivity contribution in [3.8, 4) is 0 Å². The number of rotatable bonds is 4. The first-order chi connectivity index (χ1) is 13.9. The van der Waals surface area contributed by atoms with Gasteiger partial charge in [0, 0.05) is 0 Å². The van der Waals surface area contributed by atoms with Crippen LogP contribution in [0.2, 0.25) is 0 Å². The Morgan fingerprint density at radius 2 is 0.893 bits per heavy atom. The van der Waals surface area contributed by atoms with Gasteiger partial charge in [0.2, 0.25) is 0 Å². The van der Waals surface area contributed by atoms with E-state index in [0.29, 0.717) is 0 Å². The molecule has 138 valence electrons. The van der Waals surface area contributed by atoms with Gasteiger partial charge in [0.05, 0.1) is 0 Å². The predicted molar refractivity (Wildman–Crippen MR) is 125 cm³/mol. The van der Waals surface area contributed by atoms with E-state index in [1.807, 2.05) is 0 Å². The van der Waals surface area contributed by atoms with Crippen LogP contribution in [0.4, 0.5) is 0 Å². The summed E-state index contributed by atoms with van der Waals surface area (Å²) in [5.74, 6) is 0. The third-order valence-electron chi connectivity index (χ3n) is 6.15. The van der Waals surface area contributed by atoms with Crippen LogP contribution in [0.5, 0.6) is 0 Å². The van der Waals surface area contributed by atoms with Crippen molar-refractivity contribution >= 4 is 28.5 Å². The molecule has 0 spiro atoms. The molecule has 0 bridgehead atoms. The van der Waals surface area contributed by atoms with Gasteiger partial charge in [-0.25, -0.2) is 0 Å². The van der Waals surface area contributed by atoms with Gasteiger partial charge in [-0.2, -0.15) is 0 Å². The molecule has 28 heavy (non-hydrogen) atoms. The van der Waals surface area contributed by atoms with Gasteiger partial charge in [0.25, 0.3) is 0 Å². The summed E-state index contributed by atoms with van der Waals surface area (Å²) in [6.45, 7) is 0. The standard InChI is InChI=1S/C27H25P/c1-4-13-24(14-5-1)28(25-15-6-2-7-16-25,26-17-8-3-9-18-26)27-20-19-22-11-10-12-23(22)21-27/h1-9,13-21,28H,10-12H2. The summed E-state index contributed by atoms with van der Waals surface area (Å²) in [5.41, 5.74) is 3.10. The monoisotopic (exact) mass is 380 g/mol. The predicted octanol–water partition coefficient (Wildman–Crippen LogP) is 4.53. The summed E-state index contributed by atoms with van der Waals surface area (Å²) in [7, 11) is -2.34. The van der Waals surface area contributed by atoms with Crippen LogP contribution in [0.3, 0.4) is 0 Å². The van der Waals surface area contributed by atoms with E-state index in [1.165, 1.54) is 40.5 Å². The van der Waals surface area contributed by atoms with E-state index in [4.69, 9.17) is 0 Å². The Labute approximate surface area is 168 Å². The van der Waals surface area contributed by atoms with E-state index >= 15 is 0 Å². The molecule has 0 saturated heterocycles. The maximum absolute atomic E-state index is 2.53. The van der Waals surface area contributed by atoms with Crippen molar-refractivity contribution < 1.29 is 0 Å². The number of fused-ring (bicyclic) bond motifs is 1. The Kier molecular flexibility index (Phi) is 4.59. The first-order valence-corrected chi connectivity index (χ1v) is 12.2. The Bertz CT molecular complexity index is 972. The van der Waals surface area contributed by atoms with Crippen molar-refractivity contribution in [2.75, 3.05) is 0 Å². The van der Waals surface area contributed by atoms with Gasteiger partial charge in [-0.1, -0.05) is 0 Å². The molecular weight excluding hydrogens is 355 g/mol. The fourth-order valence-electron chi connectivity index (χ4n) is 4.87. The molecule has 5 rings (SSSR count). The Morgan fingerprint density at radius 1 is 0.429 bits per heavy atom. The number of hydrogen-bond acceptors (Lipinski definition) is 0. The first kappa shape index (κ1) is 17.4. The summed E-state index contributed by atoms with van der Waals surface area (Å²) in [6.07, 6.45) is 3.73. The molecule has 0 amide bonds. The van der Waals surface area contributed by atoms with E-state index in [9.17, 15) is 0 Å². The summed E-state index contributed by atoms with van der Waals surface area (Å²) in [5, 5.41) is 5.85. The van der Waals surface area contributed by atoms with Crippen molar-refractivity contribution in [3.63, 3.8) is 0 Å². The Morgan fingerprint density at radius 3 is 1.39 bits per heavy atom. The molecule has 0 N–H and O–H groups in total. The van der Waals surface area contributed by atoms with Gasteiger partial charge >= 0.3 is 168 Å². The molecule has 0 saturated carbocycles. The topological polar surface area (TPSA) is 0 Å². The van der Waals surface area contributed by atoms with E-state index in [-0.39, 0.29) is 0 Å². The second-order valence-electron chi connectivity index (χ2n) is 7.69. The van der Waals surface area contributed by atoms with Gasteiger partial charge < -0.3 is 0 Å². The molecule has 1 aliphatic rings. The molecule has 0 aliphatic heterocycles. The molecule has 0 aromatic heterocycles. The zero-order chi connectivity index (χ0) is 18.8. The fourth-order valence-corrected chi connectivity index (χ4v) is 9.67. The van der Waals surface area contributed by atoms with Crippen LogP contribution in [-0.4, -0.2) is 0 Å². The van der Waals surface area contributed by atoms with Gasteiger partial charge in [0.1, 0.15) is 0 Å². The fraction of sp³-hybridized carbons (Fsp3) is 0.111. The van der Waals surface area contributed by atoms with Crippen LogP contribution in [0, 0.1) is 0 Å². The molecule has 0 unspecified atom stereocenters. The van der Waals surface area contributed by atoms with Crippen molar-refractivity contribution in [1.82, 2.24) is 0 Å². The van der Waals surface area contributed by atoms with Gasteiger partial charge in [-0.3, -0.25) is 0 Å². The van der Waals surface area contributed by atoms with Crippen molar-refractivity contribution in [1.29, 1.82) is 0 Å². The Hall–Kier alpha value is -2.69. The summed E-state index contributed by atoms with van der Waals surface area (Å²) in [6, 6.07) is 40.9. The average molecular weight is 380 g/mol. The summed E-state index contributed by atoms with van der Waals surface area (Å²) >= 11 is 0. The molecule has 0 nitrogen and oxygen atoms in total. The van der Waals surface area contributed by atoms with Crippen molar-refractivity contribution in [2.45, 2.75) is 19.3 Å². The third-order valence-corrected chi connectivity index (χ3v) is 10.9. The second-order valence-corrected chi connectivity index (χ2v) is 11.5. The molecule has 4 aromatic rings. The molecule has 0 fully saturated rings. The molecule has 4 aromatic carbocycles. The molecular formula is C27H25P. The Balaban J connectivity index is 1.88. The van der Waals surface area contributed by atoms with Crippen LogP contribution in [0.15, 0.2) is 109 Å². The quantitative estimate of drug-likeness (QED) is 0.457. The molecule has 0 radical (unpaired) electrons. The molecule has 1 aliphatic carbocycles. The SMILES string of the molecule is c1ccc([PH](c2ccccc2)(c2ccccc2)c2ccc3c(c2)CCC3)cc1. The molecule has 1 heteroatoms. The van der Waals surface area contributed by atoms with Crippen LogP contribution < -0.4 is 21.2 Å². The van der Waals surface area contributed by atoms with E-state index in [2.05, 4.69) is 109 Å². The first-order valence-electron chi connectivity index (χ1n) is 10.2. The van der Waals surface area contributed by atoms with Crippen molar-refractivity contribution in [3.05, 3.63) is 120 Å². The van der Waals surface area contributed by atoms with E-state index in [0.717, 1.165) is 0 Å². The van der Waals surface area contributed by atoms with E-state index in [1.54, 1.807) is 11.1 Å². The summed E-state index contributed by atoms with van der Waals surface area (Å²) < 4.78 is 0. The second kappa shape index (κ2) is 7.38. The van der Waals surface area contributed by atoms with E-state index < -0.39 is 7.26 Å². The van der Waals surface area contributed by atoms with Crippen LogP contribution in [0.25, 0.3) is 0 Å². The van der Waals surface area contributed by atoms with Crippen LogP contribution in [0.1, 0.15) is 17.5 Å². The number of hydrogen-bond donors (Lipinski definition) is 0. The normalized spacial score (nSPS) is 13.9. The minimum atomic E-state index is -2.34. The number of aryl methyl sites for hydroxylation is 2. The maximum atomic E-state index is 2.53. The van der Waals surface area contributed by atoms with Crippen LogP contribution in [-0.2, 0) is 12.8 Å². The minimum absolute atomic E-state index is 1.21. The molecule has 0 heterocycles. The van der Waals surface area contributed by atoms with Gasteiger partial charge in [0.15, 0.2) is 0 Å². The zero-order valence-electron chi connectivity index (χ0n) is 16.0. The molecule has 0 atom stereocenters. The van der Waals surface area contributed by atoms with Crippen LogP contribution >= 0.6 is 7.26 Å².